The van der Waals surface area contributed by atoms with Gasteiger partial charge >= 0.3 is 0 Å². The van der Waals surface area contributed by atoms with Gasteiger partial charge in [0.05, 0.1) is 0 Å². The number of hydrogen-bond donors (Lipinski definition) is 1. The second-order valence-corrected chi connectivity index (χ2v) is 6.27. The summed E-state index contributed by atoms with van der Waals surface area (Å²) in [5, 5.41) is 3.73. The van der Waals surface area contributed by atoms with Crippen molar-refractivity contribution >= 4 is 0 Å². The summed E-state index contributed by atoms with van der Waals surface area (Å²) in [6, 6.07) is 1.43. The summed E-state index contributed by atoms with van der Waals surface area (Å²) in [6.07, 6.45) is 3.91. The molecule has 1 rings (SSSR count). The molecule has 0 aromatic rings. The van der Waals surface area contributed by atoms with E-state index in [4.69, 9.17) is 0 Å². The highest BCUT2D eigenvalue weighted by atomic mass is 15.2. The lowest BCUT2D eigenvalue weighted by molar-refractivity contribution is 0.169. The van der Waals surface area contributed by atoms with Crippen molar-refractivity contribution in [3.63, 3.8) is 0 Å². The molecular weight excluding hydrogens is 208 g/mol. The van der Waals surface area contributed by atoms with Gasteiger partial charge < -0.3 is 5.32 Å². The Kier molecular flexibility index (Phi) is 6.50. The molecule has 102 valence electrons. The van der Waals surface area contributed by atoms with E-state index < -0.39 is 0 Å². The normalized spacial score (nSPS) is 26.8. The third-order valence-corrected chi connectivity index (χ3v) is 4.23. The van der Waals surface area contributed by atoms with Crippen molar-refractivity contribution < 1.29 is 0 Å². The van der Waals surface area contributed by atoms with E-state index in [0.717, 1.165) is 17.9 Å². The minimum absolute atomic E-state index is 0.692. The van der Waals surface area contributed by atoms with Crippen LogP contribution < -0.4 is 5.32 Å². The van der Waals surface area contributed by atoms with Gasteiger partial charge in [-0.1, -0.05) is 34.1 Å². The quantitative estimate of drug-likeness (QED) is 0.794. The minimum Gasteiger partial charge on any atom is -0.312 e. The molecular formula is C15H32N2. The van der Waals surface area contributed by atoms with Crippen molar-refractivity contribution in [1.82, 2.24) is 10.2 Å². The highest BCUT2D eigenvalue weighted by molar-refractivity contribution is 4.82. The Morgan fingerprint density at radius 3 is 2.53 bits per heavy atom. The first-order valence-corrected chi connectivity index (χ1v) is 7.52. The molecule has 1 N–H and O–H groups in total. The van der Waals surface area contributed by atoms with Crippen molar-refractivity contribution in [3.8, 4) is 0 Å². The van der Waals surface area contributed by atoms with E-state index in [-0.39, 0.29) is 0 Å². The van der Waals surface area contributed by atoms with Crippen molar-refractivity contribution in [3.05, 3.63) is 0 Å². The average molecular weight is 240 g/mol. The third-order valence-electron chi connectivity index (χ3n) is 4.23. The van der Waals surface area contributed by atoms with Crippen LogP contribution in [0.1, 0.15) is 53.9 Å². The largest absolute Gasteiger partial charge is 0.312 e. The van der Waals surface area contributed by atoms with Crippen LogP contribution in [0, 0.1) is 11.8 Å². The maximum atomic E-state index is 3.73. The molecule has 17 heavy (non-hydrogen) atoms. The van der Waals surface area contributed by atoms with Crippen molar-refractivity contribution in [2.24, 2.45) is 11.8 Å². The van der Waals surface area contributed by atoms with Crippen LogP contribution in [0.25, 0.3) is 0 Å². The number of nitrogens with zero attached hydrogens (tertiary/aromatic N) is 1. The van der Waals surface area contributed by atoms with Crippen LogP contribution in [0.3, 0.4) is 0 Å². The van der Waals surface area contributed by atoms with Crippen molar-refractivity contribution in [1.29, 1.82) is 0 Å². The van der Waals surface area contributed by atoms with E-state index in [1.807, 2.05) is 0 Å². The van der Waals surface area contributed by atoms with Crippen LogP contribution in [-0.2, 0) is 0 Å². The number of rotatable bonds is 5. The van der Waals surface area contributed by atoms with Gasteiger partial charge in [0.25, 0.3) is 0 Å². The SMILES string of the molecule is CCC(C)C1CN(C(C)CC(C)C)CCCN1. The lowest BCUT2D eigenvalue weighted by atomic mass is 9.97. The number of hydrogen-bond acceptors (Lipinski definition) is 2. The molecule has 0 aromatic heterocycles. The first kappa shape index (κ1) is 15.0. The molecule has 2 heteroatoms. The Hall–Kier alpha value is -0.0800. The van der Waals surface area contributed by atoms with Crippen LogP contribution in [-0.4, -0.2) is 36.6 Å². The minimum atomic E-state index is 0.692. The molecule has 1 heterocycles. The fourth-order valence-electron chi connectivity index (χ4n) is 2.88. The van der Waals surface area contributed by atoms with Crippen LogP contribution in [0.15, 0.2) is 0 Å². The van der Waals surface area contributed by atoms with E-state index in [2.05, 4.69) is 44.8 Å². The molecule has 0 aromatic carbocycles. The summed E-state index contributed by atoms with van der Waals surface area (Å²) in [5.41, 5.74) is 0. The first-order valence-electron chi connectivity index (χ1n) is 7.52. The van der Waals surface area contributed by atoms with Gasteiger partial charge in [0, 0.05) is 18.6 Å². The summed E-state index contributed by atoms with van der Waals surface area (Å²) < 4.78 is 0. The molecule has 0 spiro atoms. The van der Waals surface area contributed by atoms with Crippen molar-refractivity contribution in [2.75, 3.05) is 19.6 Å². The van der Waals surface area contributed by atoms with Crippen molar-refractivity contribution in [2.45, 2.75) is 66.0 Å². The van der Waals surface area contributed by atoms with Gasteiger partial charge in [-0.15, -0.1) is 0 Å². The van der Waals surface area contributed by atoms with Gasteiger partial charge in [0.1, 0.15) is 0 Å². The summed E-state index contributed by atoms with van der Waals surface area (Å²) in [5.74, 6) is 1.60. The second-order valence-electron chi connectivity index (χ2n) is 6.27. The molecule has 1 aliphatic heterocycles. The Morgan fingerprint density at radius 1 is 1.24 bits per heavy atom. The molecule has 1 aliphatic rings. The lowest BCUT2D eigenvalue weighted by Gasteiger charge is -2.33. The molecule has 3 unspecified atom stereocenters. The molecule has 0 radical (unpaired) electrons. The first-order chi connectivity index (χ1) is 8.04. The van der Waals surface area contributed by atoms with Gasteiger partial charge in [-0.3, -0.25) is 4.90 Å². The standard InChI is InChI=1S/C15H32N2/c1-6-13(4)15-11-17(9-7-8-16-15)14(5)10-12(2)3/h12-16H,6-11H2,1-5H3. The molecule has 0 aliphatic carbocycles. The summed E-state index contributed by atoms with van der Waals surface area (Å²) in [7, 11) is 0. The molecule has 2 nitrogen and oxygen atoms in total. The molecule has 1 fully saturated rings. The Bertz CT molecular complexity index is 203. The fourth-order valence-corrected chi connectivity index (χ4v) is 2.88. The van der Waals surface area contributed by atoms with Gasteiger partial charge in [0.15, 0.2) is 0 Å². The van der Waals surface area contributed by atoms with Gasteiger partial charge in [-0.2, -0.15) is 0 Å². The highest BCUT2D eigenvalue weighted by Gasteiger charge is 2.24. The molecule has 3 atom stereocenters. The predicted molar refractivity (Wildman–Crippen MR) is 76.4 cm³/mol. The Morgan fingerprint density at radius 2 is 1.94 bits per heavy atom. The van der Waals surface area contributed by atoms with Gasteiger partial charge in [-0.25, -0.2) is 0 Å². The number of nitrogens with one attached hydrogen (secondary N) is 1. The summed E-state index contributed by atoms with van der Waals surface area (Å²) in [4.78, 5) is 2.71. The monoisotopic (exact) mass is 240 g/mol. The summed E-state index contributed by atoms with van der Waals surface area (Å²) >= 11 is 0. The third kappa shape index (κ3) is 4.97. The van der Waals surface area contributed by atoms with Crippen LogP contribution >= 0.6 is 0 Å². The van der Waals surface area contributed by atoms with Gasteiger partial charge in [0.2, 0.25) is 0 Å². The van der Waals surface area contributed by atoms with Gasteiger partial charge in [-0.05, 0) is 44.7 Å². The van der Waals surface area contributed by atoms with Crippen LogP contribution in [0.4, 0.5) is 0 Å². The maximum Gasteiger partial charge on any atom is 0.0220 e. The zero-order valence-electron chi connectivity index (χ0n) is 12.5. The zero-order chi connectivity index (χ0) is 12.8. The Balaban J connectivity index is 2.53. The van der Waals surface area contributed by atoms with E-state index in [9.17, 15) is 0 Å². The zero-order valence-corrected chi connectivity index (χ0v) is 12.5. The second kappa shape index (κ2) is 7.38. The molecule has 0 saturated carbocycles. The topological polar surface area (TPSA) is 15.3 Å². The highest BCUT2D eigenvalue weighted by Crippen LogP contribution is 2.17. The van der Waals surface area contributed by atoms with E-state index in [0.29, 0.717) is 6.04 Å². The van der Waals surface area contributed by atoms with E-state index in [1.165, 1.54) is 38.9 Å². The van der Waals surface area contributed by atoms with Crippen LogP contribution in [0.2, 0.25) is 0 Å². The molecule has 0 amide bonds. The summed E-state index contributed by atoms with van der Waals surface area (Å²) in [6.45, 7) is 15.5. The fraction of sp³-hybridized carbons (Fsp3) is 1.00. The molecule has 0 bridgehead atoms. The lowest BCUT2D eigenvalue weighted by Crippen LogP contribution is -2.45. The average Bonchev–Trinajstić information content (AvgIpc) is 2.52. The Labute approximate surface area is 108 Å². The smallest absolute Gasteiger partial charge is 0.0220 e. The van der Waals surface area contributed by atoms with E-state index in [1.54, 1.807) is 0 Å². The maximum absolute atomic E-state index is 3.73. The predicted octanol–water partition coefficient (Wildman–Crippen LogP) is 3.13. The van der Waals surface area contributed by atoms with Crippen LogP contribution in [0.5, 0.6) is 0 Å². The molecule has 1 saturated heterocycles. The van der Waals surface area contributed by atoms with E-state index >= 15 is 0 Å².